The van der Waals surface area contributed by atoms with E-state index >= 15 is 0 Å². The Labute approximate surface area is 102 Å². The summed E-state index contributed by atoms with van der Waals surface area (Å²) in [6.07, 6.45) is 1.99. The van der Waals surface area contributed by atoms with Crippen LogP contribution in [-0.2, 0) is 10.0 Å². The van der Waals surface area contributed by atoms with Crippen LogP contribution in [0.15, 0.2) is 23.2 Å². The summed E-state index contributed by atoms with van der Waals surface area (Å²) in [4.78, 5) is 3.90. The predicted molar refractivity (Wildman–Crippen MR) is 63.7 cm³/mol. The third kappa shape index (κ3) is 3.02. The second kappa shape index (κ2) is 5.75. The number of nitrogens with zero attached hydrogens (tertiary/aromatic N) is 3. The fourth-order valence-corrected chi connectivity index (χ4v) is 2.93. The van der Waals surface area contributed by atoms with Gasteiger partial charge in [-0.25, -0.2) is 13.4 Å². The van der Waals surface area contributed by atoms with Crippen LogP contribution >= 0.6 is 0 Å². The Morgan fingerprint density at radius 3 is 2.53 bits per heavy atom. The fraction of sp³-hybridized carbons (Fsp3) is 0.455. The highest BCUT2D eigenvalue weighted by Crippen LogP contribution is 2.14. The maximum Gasteiger partial charge on any atom is 0.244 e. The maximum atomic E-state index is 12.2. The number of pyridine rings is 1. The first-order chi connectivity index (χ1) is 8.06. The van der Waals surface area contributed by atoms with E-state index < -0.39 is 10.0 Å². The monoisotopic (exact) mass is 253 g/mol. The zero-order valence-corrected chi connectivity index (χ0v) is 10.7. The van der Waals surface area contributed by atoms with E-state index in [1.165, 1.54) is 22.6 Å². The first-order valence-electron chi connectivity index (χ1n) is 5.42. The quantitative estimate of drug-likeness (QED) is 0.794. The Hall–Kier alpha value is -1.45. The molecule has 0 fully saturated rings. The van der Waals surface area contributed by atoms with Gasteiger partial charge in [-0.1, -0.05) is 13.8 Å². The van der Waals surface area contributed by atoms with Gasteiger partial charge in [0.15, 0.2) is 0 Å². The van der Waals surface area contributed by atoms with Crippen LogP contribution in [0.5, 0.6) is 0 Å². The Kier molecular flexibility index (Phi) is 4.61. The molecule has 5 nitrogen and oxygen atoms in total. The molecule has 0 aromatic carbocycles. The number of hydrogen-bond acceptors (Lipinski definition) is 4. The molecule has 0 amide bonds. The van der Waals surface area contributed by atoms with Crippen LogP contribution in [0, 0.1) is 11.3 Å². The van der Waals surface area contributed by atoms with Gasteiger partial charge in [-0.3, -0.25) is 0 Å². The van der Waals surface area contributed by atoms with Crippen molar-refractivity contribution in [2.75, 3.05) is 13.1 Å². The van der Waals surface area contributed by atoms with Gasteiger partial charge in [0.1, 0.15) is 16.7 Å². The Morgan fingerprint density at radius 2 is 2.12 bits per heavy atom. The van der Waals surface area contributed by atoms with Crippen molar-refractivity contribution in [3.05, 3.63) is 24.0 Å². The van der Waals surface area contributed by atoms with Gasteiger partial charge in [-0.15, -0.1) is 0 Å². The van der Waals surface area contributed by atoms with Crippen LogP contribution in [0.3, 0.4) is 0 Å². The average Bonchev–Trinajstić information content (AvgIpc) is 2.35. The van der Waals surface area contributed by atoms with Crippen molar-refractivity contribution in [1.29, 1.82) is 5.26 Å². The highest BCUT2D eigenvalue weighted by molar-refractivity contribution is 7.89. The highest BCUT2D eigenvalue weighted by atomic mass is 32.2. The van der Waals surface area contributed by atoms with Gasteiger partial charge in [0.05, 0.1) is 0 Å². The van der Waals surface area contributed by atoms with Crippen LogP contribution in [0.4, 0.5) is 0 Å². The third-order valence-electron chi connectivity index (χ3n) is 2.31. The van der Waals surface area contributed by atoms with Crippen LogP contribution in [0.2, 0.25) is 0 Å². The number of rotatable bonds is 5. The minimum Gasteiger partial charge on any atom is -0.244 e. The van der Waals surface area contributed by atoms with Crippen LogP contribution in [0.25, 0.3) is 0 Å². The van der Waals surface area contributed by atoms with Gasteiger partial charge in [0.25, 0.3) is 0 Å². The zero-order valence-electron chi connectivity index (χ0n) is 9.92. The molecule has 17 heavy (non-hydrogen) atoms. The van der Waals surface area contributed by atoms with E-state index in [1.807, 2.05) is 13.0 Å². The lowest BCUT2D eigenvalue weighted by Gasteiger charge is -2.19. The van der Waals surface area contributed by atoms with Crippen molar-refractivity contribution in [2.24, 2.45) is 0 Å². The average molecular weight is 253 g/mol. The summed E-state index contributed by atoms with van der Waals surface area (Å²) in [6.45, 7) is 4.63. The summed E-state index contributed by atoms with van der Waals surface area (Å²) in [5.41, 5.74) is 0.211. The van der Waals surface area contributed by atoms with Gasteiger partial charge in [-0.05, 0) is 18.6 Å². The van der Waals surface area contributed by atoms with Gasteiger partial charge in [0.2, 0.25) is 10.0 Å². The smallest absolute Gasteiger partial charge is 0.244 e. The predicted octanol–water partition coefficient (Wildman–Crippen LogP) is 1.37. The molecule has 0 saturated carbocycles. The lowest BCUT2D eigenvalue weighted by molar-refractivity contribution is 0.427. The van der Waals surface area contributed by atoms with Crippen molar-refractivity contribution in [3.63, 3.8) is 0 Å². The SMILES string of the molecule is CCCN(CC)S(=O)(=O)c1ccc(C#N)nc1. The maximum absolute atomic E-state index is 12.2. The summed E-state index contributed by atoms with van der Waals surface area (Å²) in [7, 11) is -3.48. The molecule has 6 heteroatoms. The Bertz CT molecular complexity index is 503. The third-order valence-corrected chi connectivity index (χ3v) is 4.27. The summed E-state index contributed by atoms with van der Waals surface area (Å²) in [6, 6.07) is 4.68. The van der Waals surface area contributed by atoms with Crippen molar-refractivity contribution in [3.8, 4) is 6.07 Å². The van der Waals surface area contributed by atoms with E-state index in [9.17, 15) is 8.42 Å². The summed E-state index contributed by atoms with van der Waals surface area (Å²) >= 11 is 0. The van der Waals surface area contributed by atoms with E-state index in [1.54, 1.807) is 6.92 Å². The fourth-order valence-electron chi connectivity index (χ4n) is 1.45. The molecule has 1 aromatic rings. The van der Waals surface area contributed by atoms with Crippen molar-refractivity contribution < 1.29 is 8.42 Å². The molecule has 1 aromatic heterocycles. The number of hydrogen-bond donors (Lipinski definition) is 0. The normalized spacial score (nSPS) is 11.4. The largest absolute Gasteiger partial charge is 0.244 e. The molecule has 1 rings (SSSR count). The van der Waals surface area contributed by atoms with Gasteiger partial charge >= 0.3 is 0 Å². The molecule has 0 atom stereocenters. The number of nitriles is 1. The van der Waals surface area contributed by atoms with Crippen LogP contribution < -0.4 is 0 Å². The second-order valence-electron chi connectivity index (χ2n) is 3.49. The molecule has 0 aliphatic carbocycles. The Morgan fingerprint density at radius 1 is 1.41 bits per heavy atom. The number of sulfonamides is 1. The summed E-state index contributed by atoms with van der Waals surface area (Å²) in [5.74, 6) is 0. The molecule has 0 aliphatic rings. The molecule has 92 valence electrons. The van der Waals surface area contributed by atoms with E-state index in [4.69, 9.17) is 5.26 Å². The first kappa shape index (κ1) is 13.6. The second-order valence-corrected chi connectivity index (χ2v) is 5.43. The molecule has 0 radical (unpaired) electrons. The standard InChI is InChI=1S/C11H15N3O2S/c1-3-7-14(4-2)17(15,16)11-6-5-10(8-12)13-9-11/h5-6,9H,3-4,7H2,1-2H3. The molecule has 0 bridgehead atoms. The molecule has 0 N–H and O–H groups in total. The molecule has 0 spiro atoms. The van der Waals surface area contributed by atoms with E-state index in [-0.39, 0.29) is 10.6 Å². The van der Waals surface area contributed by atoms with Crippen molar-refractivity contribution in [1.82, 2.24) is 9.29 Å². The van der Waals surface area contributed by atoms with Gasteiger partial charge in [-0.2, -0.15) is 9.57 Å². The van der Waals surface area contributed by atoms with E-state index in [0.717, 1.165) is 6.42 Å². The van der Waals surface area contributed by atoms with Crippen molar-refractivity contribution in [2.45, 2.75) is 25.2 Å². The highest BCUT2D eigenvalue weighted by Gasteiger charge is 2.22. The van der Waals surface area contributed by atoms with Crippen molar-refractivity contribution >= 4 is 10.0 Å². The van der Waals surface area contributed by atoms with Gasteiger partial charge < -0.3 is 0 Å². The first-order valence-corrected chi connectivity index (χ1v) is 6.86. The molecule has 0 aliphatic heterocycles. The van der Waals surface area contributed by atoms with Crippen LogP contribution in [0.1, 0.15) is 26.0 Å². The molecule has 0 saturated heterocycles. The zero-order chi connectivity index (χ0) is 12.9. The molecule has 1 heterocycles. The van der Waals surface area contributed by atoms with E-state index in [2.05, 4.69) is 4.98 Å². The minimum absolute atomic E-state index is 0.131. The lowest BCUT2D eigenvalue weighted by atomic mass is 10.4. The topological polar surface area (TPSA) is 74.1 Å². The Balaban J connectivity index is 3.08. The van der Waals surface area contributed by atoms with E-state index in [0.29, 0.717) is 13.1 Å². The number of aromatic nitrogens is 1. The molecular formula is C11H15N3O2S. The molecule has 0 unspecified atom stereocenters. The minimum atomic E-state index is -3.48. The summed E-state index contributed by atoms with van der Waals surface area (Å²) in [5, 5.41) is 8.60. The van der Waals surface area contributed by atoms with Crippen LogP contribution in [-0.4, -0.2) is 30.8 Å². The van der Waals surface area contributed by atoms with Gasteiger partial charge in [0, 0.05) is 19.3 Å². The lowest BCUT2D eigenvalue weighted by Crippen LogP contribution is -2.31. The summed E-state index contributed by atoms with van der Waals surface area (Å²) < 4.78 is 25.7. The molecular weight excluding hydrogens is 238 g/mol.